The molecule has 1 aliphatic carbocycles. The predicted octanol–water partition coefficient (Wildman–Crippen LogP) is 4.07. The maximum Gasteiger partial charge on any atom is 0.123 e. The van der Waals surface area contributed by atoms with E-state index in [1.54, 1.807) is 0 Å². The molecule has 0 unspecified atom stereocenters. The molecule has 1 fully saturated rings. The van der Waals surface area contributed by atoms with Gasteiger partial charge in [0.25, 0.3) is 0 Å². The first-order chi connectivity index (χ1) is 9.62. The van der Waals surface area contributed by atoms with Gasteiger partial charge in [-0.1, -0.05) is 31.4 Å². The molecule has 3 rings (SSSR count). The minimum atomic E-state index is -0.0313. The van der Waals surface area contributed by atoms with Gasteiger partial charge < -0.3 is 10.1 Å². The molecule has 2 nitrogen and oxygen atoms in total. The number of hydrogen-bond acceptors (Lipinski definition) is 2. The molecule has 0 radical (unpaired) electrons. The molecule has 0 saturated heterocycles. The van der Waals surface area contributed by atoms with E-state index in [-0.39, 0.29) is 5.60 Å². The Morgan fingerprint density at radius 2 is 2.00 bits per heavy atom. The first kappa shape index (κ1) is 13.9. The smallest absolute Gasteiger partial charge is 0.123 e. The minimum absolute atomic E-state index is 0.0313. The van der Waals surface area contributed by atoms with Crippen LogP contribution in [0, 0.1) is 5.92 Å². The monoisotopic (exact) mass is 273 g/mol. The summed E-state index contributed by atoms with van der Waals surface area (Å²) in [6.45, 7) is 6.49. The molecule has 0 aromatic heterocycles. The van der Waals surface area contributed by atoms with Crippen LogP contribution in [0.15, 0.2) is 18.2 Å². The van der Waals surface area contributed by atoms with Gasteiger partial charge >= 0.3 is 0 Å². The van der Waals surface area contributed by atoms with Gasteiger partial charge in [0, 0.05) is 13.0 Å². The van der Waals surface area contributed by atoms with Crippen LogP contribution in [0.1, 0.15) is 57.1 Å². The van der Waals surface area contributed by atoms with Crippen LogP contribution in [-0.2, 0) is 13.0 Å². The summed E-state index contributed by atoms with van der Waals surface area (Å²) in [5.41, 5.74) is 2.73. The molecule has 20 heavy (non-hydrogen) atoms. The number of fused-ring (bicyclic) bond motifs is 1. The summed E-state index contributed by atoms with van der Waals surface area (Å²) >= 11 is 0. The van der Waals surface area contributed by atoms with Crippen molar-refractivity contribution in [2.24, 2.45) is 5.92 Å². The van der Waals surface area contributed by atoms with Crippen LogP contribution in [0.3, 0.4) is 0 Å². The molecule has 1 heterocycles. The Labute approximate surface area is 122 Å². The standard InChI is InChI=1S/C18H27NO/c1-18(2)11-16-10-15(8-9-17(16)20-18)13-19-12-14-6-4-3-5-7-14/h8-10,14,19H,3-7,11-13H2,1-2H3. The fourth-order valence-corrected chi connectivity index (χ4v) is 3.58. The SMILES string of the molecule is CC1(C)Cc2cc(CNCC3CCCCC3)ccc2O1. The van der Waals surface area contributed by atoms with Crippen molar-refractivity contribution >= 4 is 0 Å². The number of ether oxygens (including phenoxy) is 1. The lowest BCUT2D eigenvalue weighted by Gasteiger charge is -2.21. The molecule has 1 aliphatic heterocycles. The van der Waals surface area contributed by atoms with Crippen molar-refractivity contribution in [2.45, 2.75) is 64.5 Å². The number of nitrogens with one attached hydrogen (secondary N) is 1. The van der Waals surface area contributed by atoms with Crippen LogP contribution in [0.25, 0.3) is 0 Å². The highest BCUT2D eigenvalue weighted by Gasteiger charge is 2.29. The minimum Gasteiger partial charge on any atom is -0.487 e. The van der Waals surface area contributed by atoms with Gasteiger partial charge in [0.1, 0.15) is 11.4 Å². The van der Waals surface area contributed by atoms with Gasteiger partial charge in [-0.25, -0.2) is 0 Å². The molecule has 1 N–H and O–H groups in total. The van der Waals surface area contributed by atoms with E-state index in [0.717, 1.165) is 24.6 Å². The molecule has 0 atom stereocenters. The summed E-state index contributed by atoms with van der Waals surface area (Å²) < 4.78 is 5.93. The zero-order chi connectivity index (χ0) is 14.0. The number of hydrogen-bond donors (Lipinski definition) is 1. The summed E-state index contributed by atoms with van der Waals surface area (Å²) in [4.78, 5) is 0. The highest BCUT2D eigenvalue weighted by Crippen LogP contribution is 2.35. The molecule has 1 aromatic carbocycles. The summed E-state index contributed by atoms with van der Waals surface area (Å²) in [6.07, 6.45) is 8.16. The topological polar surface area (TPSA) is 21.3 Å². The second kappa shape index (κ2) is 5.77. The number of rotatable bonds is 4. The Bertz CT molecular complexity index is 460. The lowest BCUT2D eigenvalue weighted by atomic mass is 9.89. The van der Waals surface area contributed by atoms with Gasteiger partial charge in [0.15, 0.2) is 0 Å². The van der Waals surface area contributed by atoms with Gasteiger partial charge in [-0.3, -0.25) is 0 Å². The molecule has 1 aromatic rings. The average molecular weight is 273 g/mol. The third-order valence-corrected chi connectivity index (χ3v) is 4.61. The highest BCUT2D eigenvalue weighted by molar-refractivity contribution is 5.41. The Kier molecular flexibility index (Phi) is 4.02. The lowest BCUT2D eigenvalue weighted by molar-refractivity contribution is 0.138. The second-order valence-corrected chi connectivity index (χ2v) is 7.12. The van der Waals surface area contributed by atoms with Gasteiger partial charge in [-0.05, 0) is 56.3 Å². The van der Waals surface area contributed by atoms with Crippen molar-refractivity contribution in [2.75, 3.05) is 6.54 Å². The molecule has 0 amide bonds. The van der Waals surface area contributed by atoms with Crippen molar-refractivity contribution < 1.29 is 4.74 Å². The van der Waals surface area contributed by atoms with E-state index < -0.39 is 0 Å². The summed E-state index contributed by atoms with van der Waals surface area (Å²) in [5, 5.41) is 3.64. The zero-order valence-corrected chi connectivity index (χ0v) is 12.9. The quantitative estimate of drug-likeness (QED) is 0.893. The summed E-state index contributed by atoms with van der Waals surface area (Å²) in [7, 11) is 0. The van der Waals surface area contributed by atoms with E-state index in [0.29, 0.717) is 0 Å². The van der Waals surface area contributed by atoms with E-state index in [4.69, 9.17) is 4.74 Å². The fourth-order valence-electron chi connectivity index (χ4n) is 3.58. The Morgan fingerprint density at radius 1 is 1.20 bits per heavy atom. The Hall–Kier alpha value is -1.02. The van der Waals surface area contributed by atoms with Crippen LogP contribution in [0.5, 0.6) is 5.75 Å². The van der Waals surface area contributed by atoms with Gasteiger partial charge in [-0.15, -0.1) is 0 Å². The first-order valence-corrected chi connectivity index (χ1v) is 8.14. The van der Waals surface area contributed by atoms with Crippen LogP contribution in [0.4, 0.5) is 0 Å². The molecular formula is C18H27NO. The lowest BCUT2D eigenvalue weighted by Crippen LogP contribution is -2.24. The molecule has 110 valence electrons. The van der Waals surface area contributed by atoms with Crippen molar-refractivity contribution in [3.8, 4) is 5.75 Å². The van der Waals surface area contributed by atoms with Crippen LogP contribution >= 0.6 is 0 Å². The fraction of sp³-hybridized carbons (Fsp3) is 0.667. The average Bonchev–Trinajstić information content (AvgIpc) is 2.73. The van der Waals surface area contributed by atoms with E-state index in [1.807, 2.05) is 0 Å². The van der Waals surface area contributed by atoms with Crippen molar-refractivity contribution in [1.29, 1.82) is 0 Å². The first-order valence-electron chi connectivity index (χ1n) is 8.14. The largest absolute Gasteiger partial charge is 0.487 e. The van der Waals surface area contributed by atoms with E-state index in [1.165, 1.54) is 49.8 Å². The maximum atomic E-state index is 5.93. The maximum absolute atomic E-state index is 5.93. The van der Waals surface area contributed by atoms with E-state index >= 15 is 0 Å². The summed E-state index contributed by atoms with van der Waals surface area (Å²) in [6, 6.07) is 6.66. The predicted molar refractivity (Wildman–Crippen MR) is 83.1 cm³/mol. The van der Waals surface area contributed by atoms with Crippen molar-refractivity contribution in [1.82, 2.24) is 5.32 Å². The normalized spacial score (nSPS) is 21.5. The van der Waals surface area contributed by atoms with Gasteiger partial charge in [0.2, 0.25) is 0 Å². The van der Waals surface area contributed by atoms with Crippen molar-refractivity contribution in [3.63, 3.8) is 0 Å². The van der Waals surface area contributed by atoms with Crippen LogP contribution < -0.4 is 10.1 Å². The molecule has 2 aliphatic rings. The third-order valence-electron chi connectivity index (χ3n) is 4.61. The summed E-state index contributed by atoms with van der Waals surface area (Å²) in [5.74, 6) is 1.98. The van der Waals surface area contributed by atoms with E-state index in [2.05, 4.69) is 37.4 Å². The zero-order valence-electron chi connectivity index (χ0n) is 12.9. The van der Waals surface area contributed by atoms with Crippen LogP contribution in [0.2, 0.25) is 0 Å². The third kappa shape index (κ3) is 3.35. The van der Waals surface area contributed by atoms with Gasteiger partial charge in [-0.2, -0.15) is 0 Å². The second-order valence-electron chi connectivity index (χ2n) is 7.12. The van der Waals surface area contributed by atoms with Crippen LogP contribution in [-0.4, -0.2) is 12.1 Å². The highest BCUT2D eigenvalue weighted by atomic mass is 16.5. The molecule has 2 heteroatoms. The Morgan fingerprint density at radius 3 is 2.80 bits per heavy atom. The Balaban J connectivity index is 1.51. The molecule has 0 spiro atoms. The van der Waals surface area contributed by atoms with E-state index in [9.17, 15) is 0 Å². The van der Waals surface area contributed by atoms with Crippen molar-refractivity contribution in [3.05, 3.63) is 29.3 Å². The molecule has 1 saturated carbocycles. The molecular weight excluding hydrogens is 246 g/mol. The number of benzene rings is 1. The van der Waals surface area contributed by atoms with Gasteiger partial charge in [0.05, 0.1) is 0 Å². The molecule has 0 bridgehead atoms.